The van der Waals surface area contributed by atoms with E-state index >= 15 is 0 Å². The molecule has 0 amide bonds. The van der Waals surface area contributed by atoms with Gasteiger partial charge in [0.25, 0.3) is 0 Å². The highest BCUT2D eigenvalue weighted by molar-refractivity contribution is 5.96. The number of pyridine rings is 1. The zero-order valence-electron chi connectivity index (χ0n) is 17.0. The lowest BCUT2D eigenvalue weighted by atomic mass is 10.0. The molecule has 5 nitrogen and oxygen atoms in total. The maximum absolute atomic E-state index is 14.8. The number of carbonyl (C=O) groups is 1. The molecular formula is C23H26F2N2O3. The molecule has 0 spiro atoms. The van der Waals surface area contributed by atoms with Gasteiger partial charge in [0, 0.05) is 23.8 Å². The largest absolute Gasteiger partial charge is 0.462 e. The summed E-state index contributed by atoms with van der Waals surface area (Å²) in [5.41, 5.74) is 5.53. The molecule has 0 bridgehead atoms. The summed E-state index contributed by atoms with van der Waals surface area (Å²) >= 11 is 0. The number of esters is 1. The highest BCUT2D eigenvalue weighted by atomic mass is 19.2. The Kier molecular flexibility index (Phi) is 5.73. The van der Waals surface area contributed by atoms with E-state index in [2.05, 4.69) is 0 Å². The summed E-state index contributed by atoms with van der Waals surface area (Å²) in [6.07, 6.45) is 10.2. The predicted molar refractivity (Wildman–Crippen MR) is 111 cm³/mol. The maximum Gasteiger partial charge on any atom is 0.343 e. The third kappa shape index (κ3) is 3.90. The van der Waals surface area contributed by atoms with Gasteiger partial charge in [-0.25, -0.2) is 13.6 Å². The number of benzene rings is 1. The van der Waals surface area contributed by atoms with E-state index in [0.29, 0.717) is 11.4 Å². The van der Waals surface area contributed by atoms with Gasteiger partial charge in [-0.1, -0.05) is 12.2 Å². The standard InChI is InChI=1S/C23H26F2N2O3/c1-2-30-23(29)18-12-27(15-8-9-15)21-16(5-3-4-13-6-7-14(26)10-13)20(25)19(24)11-17(21)22(18)28/h3,5,11-15H,2,4,6-10,26H2,1H3/b5-3-/t13-,14+/m1/s1. The molecule has 2 atom stereocenters. The molecule has 2 N–H and O–H groups in total. The molecule has 0 unspecified atom stereocenters. The van der Waals surface area contributed by atoms with E-state index in [4.69, 9.17) is 10.5 Å². The van der Waals surface area contributed by atoms with Crippen molar-refractivity contribution in [1.29, 1.82) is 0 Å². The summed E-state index contributed by atoms with van der Waals surface area (Å²) in [5.74, 6) is -2.41. The maximum atomic E-state index is 14.8. The minimum absolute atomic E-state index is 0.00566. The van der Waals surface area contributed by atoms with Crippen molar-refractivity contribution >= 4 is 22.9 Å². The molecule has 2 aromatic rings. The fraction of sp³-hybridized carbons (Fsp3) is 0.478. The van der Waals surface area contributed by atoms with Crippen LogP contribution in [0.15, 0.2) is 23.1 Å². The fourth-order valence-electron chi connectivity index (χ4n) is 4.35. The second-order valence-corrected chi connectivity index (χ2v) is 8.29. The molecule has 2 aliphatic rings. The molecule has 2 saturated carbocycles. The van der Waals surface area contributed by atoms with Crippen molar-refractivity contribution in [3.63, 3.8) is 0 Å². The molecule has 2 fully saturated rings. The predicted octanol–water partition coefficient (Wildman–Crippen LogP) is 4.32. The first-order valence-electron chi connectivity index (χ1n) is 10.6. The van der Waals surface area contributed by atoms with Gasteiger partial charge in [-0.2, -0.15) is 0 Å². The van der Waals surface area contributed by atoms with Gasteiger partial charge in [0.2, 0.25) is 5.43 Å². The van der Waals surface area contributed by atoms with E-state index in [9.17, 15) is 18.4 Å². The number of aromatic nitrogens is 1. The van der Waals surface area contributed by atoms with Crippen molar-refractivity contribution < 1.29 is 18.3 Å². The second-order valence-electron chi connectivity index (χ2n) is 8.29. The van der Waals surface area contributed by atoms with Crippen molar-refractivity contribution in [3.05, 3.63) is 51.3 Å². The highest BCUT2D eigenvalue weighted by Gasteiger charge is 2.29. The molecule has 1 heterocycles. The van der Waals surface area contributed by atoms with Crippen LogP contribution in [0, 0.1) is 17.6 Å². The van der Waals surface area contributed by atoms with Crippen LogP contribution in [0.1, 0.15) is 67.4 Å². The van der Waals surface area contributed by atoms with Crippen LogP contribution in [0.25, 0.3) is 17.0 Å². The van der Waals surface area contributed by atoms with Crippen molar-refractivity contribution in [2.45, 2.75) is 57.5 Å². The zero-order valence-corrected chi connectivity index (χ0v) is 17.0. The van der Waals surface area contributed by atoms with Crippen LogP contribution in [0.3, 0.4) is 0 Å². The fourth-order valence-corrected chi connectivity index (χ4v) is 4.35. The smallest absolute Gasteiger partial charge is 0.343 e. The first kappa shape index (κ1) is 20.7. The van der Waals surface area contributed by atoms with E-state index in [-0.39, 0.29) is 35.2 Å². The second kappa shape index (κ2) is 8.30. The van der Waals surface area contributed by atoms with Crippen LogP contribution in [0.2, 0.25) is 0 Å². The van der Waals surface area contributed by atoms with Crippen LogP contribution in [0.4, 0.5) is 8.78 Å². The SMILES string of the molecule is CCOC(=O)c1cn(C2CC2)c2c(/C=C\C[C@@H]3CC[C@H](N)C3)c(F)c(F)cc2c1=O. The Morgan fingerprint density at radius 1 is 1.30 bits per heavy atom. The van der Waals surface area contributed by atoms with Gasteiger partial charge in [-0.05, 0) is 57.4 Å². The van der Waals surface area contributed by atoms with Crippen molar-refractivity contribution in [2.24, 2.45) is 11.7 Å². The summed E-state index contributed by atoms with van der Waals surface area (Å²) in [6.45, 7) is 1.77. The van der Waals surface area contributed by atoms with Gasteiger partial charge in [-0.3, -0.25) is 4.79 Å². The van der Waals surface area contributed by atoms with Crippen LogP contribution in [-0.4, -0.2) is 23.2 Å². The van der Waals surface area contributed by atoms with Crippen LogP contribution >= 0.6 is 0 Å². The van der Waals surface area contributed by atoms with Crippen LogP contribution in [-0.2, 0) is 4.74 Å². The number of nitrogens with zero attached hydrogens (tertiary/aromatic N) is 1. The Bertz CT molecular complexity index is 1070. The summed E-state index contributed by atoms with van der Waals surface area (Å²) < 4.78 is 35.9. The lowest BCUT2D eigenvalue weighted by Gasteiger charge is -2.16. The van der Waals surface area contributed by atoms with E-state index in [0.717, 1.165) is 44.6 Å². The van der Waals surface area contributed by atoms with Crippen molar-refractivity contribution in [1.82, 2.24) is 4.57 Å². The summed E-state index contributed by atoms with van der Waals surface area (Å²) in [4.78, 5) is 25.2. The summed E-state index contributed by atoms with van der Waals surface area (Å²) in [7, 11) is 0. The molecule has 7 heteroatoms. The van der Waals surface area contributed by atoms with Crippen LogP contribution < -0.4 is 11.2 Å². The topological polar surface area (TPSA) is 74.3 Å². The number of fused-ring (bicyclic) bond motifs is 1. The first-order valence-corrected chi connectivity index (χ1v) is 10.6. The number of nitrogens with two attached hydrogens (primary N) is 1. The minimum Gasteiger partial charge on any atom is -0.462 e. The Hall–Kier alpha value is -2.54. The molecular weight excluding hydrogens is 390 g/mol. The third-order valence-electron chi connectivity index (χ3n) is 6.01. The van der Waals surface area contributed by atoms with Crippen molar-refractivity contribution in [2.75, 3.05) is 6.61 Å². The molecule has 2 aliphatic carbocycles. The van der Waals surface area contributed by atoms with Gasteiger partial charge in [0.05, 0.1) is 17.5 Å². The van der Waals surface area contributed by atoms with E-state index in [1.54, 1.807) is 17.6 Å². The molecule has 0 saturated heterocycles. The van der Waals surface area contributed by atoms with Gasteiger partial charge in [0.15, 0.2) is 11.6 Å². The number of hydrogen-bond donors (Lipinski definition) is 1. The lowest BCUT2D eigenvalue weighted by Crippen LogP contribution is -2.21. The van der Waals surface area contributed by atoms with Gasteiger partial charge in [-0.15, -0.1) is 0 Å². The van der Waals surface area contributed by atoms with Crippen LogP contribution in [0.5, 0.6) is 0 Å². The van der Waals surface area contributed by atoms with Gasteiger partial charge in [0.1, 0.15) is 5.56 Å². The van der Waals surface area contributed by atoms with E-state index < -0.39 is 23.0 Å². The lowest BCUT2D eigenvalue weighted by molar-refractivity contribution is 0.0524. The number of hydrogen-bond acceptors (Lipinski definition) is 4. The number of carbonyl (C=O) groups excluding carboxylic acids is 1. The molecule has 30 heavy (non-hydrogen) atoms. The molecule has 1 aromatic carbocycles. The summed E-state index contributed by atoms with van der Waals surface area (Å²) in [5, 5.41) is -0.00566. The third-order valence-corrected chi connectivity index (χ3v) is 6.01. The Morgan fingerprint density at radius 3 is 2.70 bits per heavy atom. The monoisotopic (exact) mass is 416 g/mol. The Morgan fingerprint density at radius 2 is 2.07 bits per heavy atom. The number of rotatable bonds is 6. The molecule has 160 valence electrons. The molecule has 0 radical (unpaired) electrons. The molecule has 0 aliphatic heterocycles. The normalized spacial score (nSPS) is 21.6. The van der Waals surface area contributed by atoms with E-state index in [1.165, 1.54) is 6.20 Å². The average Bonchev–Trinajstić information content (AvgIpc) is 3.47. The number of ether oxygens (including phenoxy) is 1. The van der Waals surface area contributed by atoms with Gasteiger partial charge < -0.3 is 15.0 Å². The molecule has 4 rings (SSSR count). The van der Waals surface area contributed by atoms with Crippen molar-refractivity contribution in [3.8, 4) is 0 Å². The minimum atomic E-state index is -1.11. The van der Waals surface area contributed by atoms with E-state index in [1.807, 2.05) is 6.08 Å². The summed E-state index contributed by atoms with van der Waals surface area (Å²) in [6, 6.07) is 1.14. The number of halogens is 2. The first-order chi connectivity index (χ1) is 14.4. The van der Waals surface area contributed by atoms with Gasteiger partial charge >= 0.3 is 5.97 Å². The Labute approximate surface area is 173 Å². The number of allylic oxidation sites excluding steroid dienone is 1. The average molecular weight is 416 g/mol. The Balaban J connectivity index is 1.83. The quantitative estimate of drug-likeness (QED) is 0.712. The molecule has 1 aromatic heterocycles. The zero-order chi connectivity index (χ0) is 21.4. The highest BCUT2D eigenvalue weighted by Crippen LogP contribution is 2.39.